The van der Waals surface area contributed by atoms with Gasteiger partial charge in [-0.1, -0.05) is 13.8 Å². The Hall–Kier alpha value is -2.02. The largest absolute Gasteiger partial charge is 0.478 e. The number of benzene rings is 1. The van der Waals surface area contributed by atoms with Crippen molar-refractivity contribution in [2.75, 3.05) is 0 Å². The van der Waals surface area contributed by atoms with E-state index in [0.717, 1.165) is 0 Å². The molecule has 1 aromatic rings. The predicted molar refractivity (Wildman–Crippen MR) is 62.7 cm³/mol. The molecule has 0 aromatic heterocycles. The van der Waals surface area contributed by atoms with Gasteiger partial charge in [-0.15, -0.1) is 0 Å². The highest BCUT2D eigenvalue weighted by Gasteiger charge is 2.37. The molecular weight excluding hydrogens is 218 g/mol. The van der Waals surface area contributed by atoms with Crippen molar-refractivity contribution in [1.29, 1.82) is 5.26 Å². The van der Waals surface area contributed by atoms with Crippen molar-refractivity contribution in [3.05, 3.63) is 29.8 Å². The fourth-order valence-corrected chi connectivity index (χ4v) is 1.56. The maximum absolute atomic E-state index is 11.2. The van der Waals surface area contributed by atoms with E-state index in [2.05, 4.69) is 0 Å². The maximum Gasteiger partial charge on any atom is 0.348 e. The van der Waals surface area contributed by atoms with Gasteiger partial charge >= 0.3 is 5.97 Å². The van der Waals surface area contributed by atoms with Crippen LogP contribution in [0.3, 0.4) is 0 Å². The van der Waals surface area contributed by atoms with Gasteiger partial charge in [0.05, 0.1) is 11.6 Å². The molecule has 0 spiro atoms. The third-order valence-corrected chi connectivity index (χ3v) is 2.83. The zero-order valence-electron chi connectivity index (χ0n) is 9.93. The summed E-state index contributed by atoms with van der Waals surface area (Å²) in [6.07, 6.45) is 0.775. The van der Waals surface area contributed by atoms with Crippen molar-refractivity contribution in [2.24, 2.45) is 0 Å². The molecule has 0 fully saturated rings. The lowest BCUT2D eigenvalue weighted by atomic mass is 9.97. The second kappa shape index (κ2) is 5.35. The van der Waals surface area contributed by atoms with Crippen LogP contribution >= 0.6 is 0 Å². The van der Waals surface area contributed by atoms with E-state index in [1.165, 1.54) is 0 Å². The Morgan fingerprint density at radius 1 is 1.35 bits per heavy atom. The number of rotatable bonds is 5. The summed E-state index contributed by atoms with van der Waals surface area (Å²) < 4.78 is 5.55. The van der Waals surface area contributed by atoms with E-state index in [1.54, 1.807) is 38.1 Å². The normalized spacial score (nSPS) is 10.6. The standard InChI is InChI=1S/C13H15NO3/c1-3-13(4-2,12(15)16)17-11-7-5-10(9-14)6-8-11/h5-8H,3-4H2,1-2H3,(H,15,16). The first-order chi connectivity index (χ1) is 8.07. The Morgan fingerprint density at radius 2 is 1.88 bits per heavy atom. The summed E-state index contributed by atoms with van der Waals surface area (Å²) >= 11 is 0. The Labute approximate surface area is 100 Å². The summed E-state index contributed by atoms with van der Waals surface area (Å²) in [5, 5.41) is 17.9. The molecule has 0 bridgehead atoms. The molecule has 4 heteroatoms. The van der Waals surface area contributed by atoms with Gasteiger partial charge in [-0.2, -0.15) is 5.26 Å². The van der Waals surface area contributed by atoms with Crippen LogP contribution in [0.4, 0.5) is 0 Å². The van der Waals surface area contributed by atoms with E-state index in [1.807, 2.05) is 6.07 Å². The Bertz CT molecular complexity index is 427. The maximum atomic E-state index is 11.2. The fraction of sp³-hybridized carbons (Fsp3) is 0.385. The quantitative estimate of drug-likeness (QED) is 0.848. The average Bonchev–Trinajstić information content (AvgIpc) is 2.36. The second-order valence-electron chi connectivity index (χ2n) is 3.74. The van der Waals surface area contributed by atoms with Crippen LogP contribution in [0.15, 0.2) is 24.3 Å². The first-order valence-electron chi connectivity index (χ1n) is 5.50. The van der Waals surface area contributed by atoms with E-state index < -0.39 is 11.6 Å². The molecule has 0 aliphatic heterocycles. The van der Waals surface area contributed by atoms with Crippen LogP contribution in [-0.4, -0.2) is 16.7 Å². The number of carboxylic acids is 1. The van der Waals surface area contributed by atoms with Crippen LogP contribution < -0.4 is 4.74 Å². The average molecular weight is 233 g/mol. The van der Waals surface area contributed by atoms with Crippen LogP contribution in [0.1, 0.15) is 32.3 Å². The summed E-state index contributed by atoms with van der Waals surface area (Å²) in [6, 6.07) is 8.43. The molecule has 90 valence electrons. The minimum Gasteiger partial charge on any atom is -0.478 e. The molecule has 0 saturated carbocycles. The monoisotopic (exact) mass is 233 g/mol. The van der Waals surface area contributed by atoms with E-state index in [9.17, 15) is 9.90 Å². The smallest absolute Gasteiger partial charge is 0.348 e. The SMILES string of the molecule is CCC(CC)(Oc1ccc(C#N)cc1)C(=O)O. The molecule has 0 aliphatic carbocycles. The number of nitriles is 1. The molecule has 1 aromatic carbocycles. The van der Waals surface area contributed by atoms with Crippen molar-refractivity contribution < 1.29 is 14.6 Å². The highest BCUT2D eigenvalue weighted by Crippen LogP contribution is 2.25. The number of nitrogens with zero attached hydrogens (tertiary/aromatic N) is 1. The lowest BCUT2D eigenvalue weighted by Crippen LogP contribution is -2.43. The summed E-state index contributed by atoms with van der Waals surface area (Å²) in [7, 11) is 0. The van der Waals surface area contributed by atoms with Gasteiger partial charge < -0.3 is 9.84 Å². The van der Waals surface area contributed by atoms with Gasteiger partial charge in [-0.25, -0.2) is 4.79 Å². The Morgan fingerprint density at radius 3 is 2.24 bits per heavy atom. The predicted octanol–water partition coefficient (Wildman–Crippen LogP) is 2.58. The number of aliphatic carboxylic acids is 1. The molecule has 0 aliphatic rings. The number of hydrogen-bond acceptors (Lipinski definition) is 3. The molecule has 1 N–H and O–H groups in total. The van der Waals surface area contributed by atoms with Gasteiger partial charge in [0, 0.05) is 0 Å². The topological polar surface area (TPSA) is 70.3 Å². The van der Waals surface area contributed by atoms with Crippen molar-refractivity contribution in [3.8, 4) is 11.8 Å². The second-order valence-corrected chi connectivity index (χ2v) is 3.74. The van der Waals surface area contributed by atoms with E-state index in [4.69, 9.17) is 10.00 Å². The van der Waals surface area contributed by atoms with Gasteiger partial charge in [0.1, 0.15) is 5.75 Å². The summed E-state index contributed by atoms with van der Waals surface area (Å²) in [5.41, 5.74) is -0.667. The molecule has 0 atom stereocenters. The van der Waals surface area contributed by atoms with Crippen molar-refractivity contribution in [2.45, 2.75) is 32.3 Å². The van der Waals surface area contributed by atoms with E-state index in [-0.39, 0.29) is 0 Å². The first kappa shape index (κ1) is 13.0. The van der Waals surface area contributed by atoms with Crippen LogP contribution in [-0.2, 0) is 4.79 Å². The molecule has 0 unspecified atom stereocenters. The molecule has 0 amide bonds. The lowest BCUT2D eigenvalue weighted by molar-refractivity contribution is -0.156. The van der Waals surface area contributed by atoms with Gasteiger partial charge in [-0.3, -0.25) is 0 Å². The Kier molecular flexibility index (Phi) is 4.11. The lowest BCUT2D eigenvalue weighted by Gasteiger charge is -2.28. The zero-order valence-corrected chi connectivity index (χ0v) is 9.93. The molecule has 1 rings (SSSR count). The number of ether oxygens (including phenoxy) is 1. The molecule has 0 saturated heterocycles. The van der Waals surface area contributed by atoms with E-state index >= 15 is 0 Å². The minimum atomic E-state index is -1.19. The summed E-state index contributed by atoms with van der Waals surface area (Å²) in [4.78, 5) is 11.2. The minimum absolute atomic E-state index is 0.388. The number of hydrogen-bond donors (Lipinski definition) is 1. The molecule has 17 heavy (non-hydrogen) atoms. The third kappa shape index (κ3) is 2.76. The Balaban J connectivity index is 2.94. The number of carbonyl (C=O) groups is 1. The number of carboxylic acid groups (broad SMARTS) is 1. The van der Waals surface area contributed by atoms with Gasteiger partial charge in [-0.05, 0) is 37.1 Å². The molecular formula is C13H15NO3. The van der Waals surface area contributed by atoms with Gasteiger partial charge in [0.15, 0.2) is 0 Å². The van der Waals surface area contributed by atoms with Crippen molar-refractivity contribution >= 4 is 5.97 Å². The van der Waals surface area contributed by atoms with Crippen LogP contribution in [0, 0.1) is 11.3 Å². The van der Waals surface area contributed by atoms with Gasteiger partial charge in [0.2, 0.25) is 5.60 Å². The van der Waals surface area contributed by atoms with E-state index in [0.29, 0.717) is 24.2 Å². The molecule has 0 heterocycles. The summed E-state index contributed by atoms with van der Waals surface area (Å²) in [5.74, 6) is -0.498. The first-order valence-corrected chi connectivity index (χ1v) is 5.50. The zero-order chi connectivity index (χ0) is 12.9. The van der Waals surface area contributed by atoms with Gasteiger partial charge in [0.25, 0.3) is 0 Å². The highest BCUT2D eigenvalue weighted by atomic mass is 16.5. The molecule has 4 nitrogen and oxygen atoms in total. The highest BCUT2D eigenvalue weighted by molar-refractivity contribution is 5.77. The fourth-order valence-electron chi connectivity index (χ4n) is 1.56. The van der Waals surface area contributed by atoms with Crippen molar-refractivity contribution in [3.63, 3.8) is 0 Å². The third-order valence-electron chi connectivity index (χ3n) is 2.83. The van der Waals surface area contributed by atoms with Crippen LogP contribution in [0.2, 0.25) is 0 Å². The van der Waals surface area contributed by atoms with Crippen LogP contribution in [0.5, 0.6) is 5.75 Å². The summed E-state index contributed by atoms with van der Waals surface area (Å²) in [6.45, 7) is 3.56. The molecule has 0 radical (unpaired) electrons. The van der Waals surface area contributed by atoms with Crippen molar-refractivity contribution in [1.82, 2.24) is 0 Å². The van der Waals surface area contributed by atoms with Crippen LogP contribution in [0.25, 0.3) is 0 Å².